The van der Waals surface area contributed by atoms with Crippen LogP contribution in [0.1, 0.15) is 23.2 Å². The molecule has 1 fully saturated rings. The normalized spacial score (nSPS) is 16.9. The van der Waals surface area contributed by atoms with E-state index in [-0.39, 0.29) is 5.97 Å². The number of anilines is 2. The van der Waals surface area contributed by atoms with Crippen molar-refractivity contribution in [3.05, 3.63) is 23.8 Å². The minimum absolute atomic E-state index is 0.340. The lowest BCUT2D eigenvalue weighted by Gasteiger charge is -2.29. The van der Waals surface area contributed by atoms with E-state index in [9.17, 15) is 4.79 Å². The van der Waals surface area contributed by atoms with E-state index < -0.39 is 0 Å². The second kappa shape index (κ2) is 6.61. The first-order valence-electron chi connectivity index (χ1n) is 7.00. The Labute approximate surface area is 120 Å². The number of nitrogens with one attached hydrogen (secondary N) is 1. The van der Waals surface area contributed by atoms with E-state index >= 15 is 0 Å². The zero-order valence-corrected chi connectivity index (χ0v) is 12.2. The molecule has 5 nitrogen and oxygen atoms in total. The standard InChI is InChI=1S/C15H23N3O2/c1-18-7-5-11(6-8-18)10-17-14-9-12(15(19)20-2)3-4-13(14)16/h3-4,9,11,17H,5-8,10,16H2,1-2H3. The van der Waals surface area contributed by atoms with Crippen molar-refractivity contribution < 1.29 is 9.53 Å². The number of carbonyl (C=O) groups excluding carboxylic acids is 1. The molecule has 0 saturated carbocycles. The molecule has 0 aromatic heterocycles. The van der Waals surface area contributed by atoms with Crippen molar-refractivity contribution in [3.8, 4) is 0 Å². The predicted molar refractivity (Wildman–Crippen MR) is 80.9 cm³/mol. The zero-order chi connectivity index (χ0) is 14.5. The van der Waals surface area contributed by atoms with Crippen molar-refractivity contribution in [2.75, 3.05) is 44.8 Å². The van der Waals surface area contributed by atoms with Crippen LogP contribution >= 0.6 is 0 Å². The maximum Gasteiger partial charge on any atom is 0.337 e. The minimum Gasteiger partial charge on any atom is -0.465 e. The van der Waals surface area contributed by atoms with Gasteiger partial charge in [-0.1, -0.05) is 0 Å². The first-order chi connectivity index (χ1) is 9.60. The highest BCUT2D eigenvalue weighted by atomic mass is 16.5. The third-order valence-corrected chi connectivity index (χ3v) is 3.89. The summed E-state index contributed by atoms with van der Waals surface area (Å²) in [6, 6.07) is 5.18. The summed E-state index contributed by atoms with van der Waals surface area (Å²) in [6.07, 6.45) is 2.39. The number of nitrogen functional groups attached to an aromatic ring is 1. The first-order valence-corrected chi connectivity index (χ1v) is 7.00. The number of likely N-dealkylation sites (tertiary alicyclic amines) is 1. The van der Waals surface area contributed by atoms with E-state index in [4.69, 9.17) is 10.5 Å². The molecule has 0 bridgehead atoms. The lowest BCUT2D eigenvalue weighted by Crippen LogP contribution is -2.33. The monoisotopic (exact) mass is 277 g/mol. The smallest absolute Gasteiger partial charge is 0.337 e. The molecule has 1 aliphatic heterocycles. The van der Waals surface area contributed by atoms with Crippen molar-refractivity contribution in [2.24, 2.45) is 5.92 Å². The Kier molecular flexibility index (Phi) is 4.84. The van der Waals surface area contributed by atoms with Crippen molar-refractivity contribution >= 4 is 17.3 Å². The van der Waals surface area contributed by atoms with Crippen LogP contribution in [0.4, 0.5) is 11.4 Å². The van der Waals surface area contributed by atoms with Crippen molar-refractivity contribution in [2.45, 2.75) is 12.8 Å². The van der Waals surface area contributed by atoms with Gasteiger partial charge in [-0.05, 0) is 57.1 Å². The van der Waals surface area contributed by atoms with Crippen LogP contribution < -0.4 is 11.1 Å². The molecule has 0 radical (unpaired) electrons. The van der Waals surface area contributed by atoms with Gasteiger partial charge in [0.2, 0.25) is 0 Å². The first kappa shape index (κ1) is 14.7. The molecule has 0 atom stereocenters. The average Bonchev–Trinajstić information content (AvgIpc) is 2.47. The number of benzene rings is 1. The minimum atomic E-state index is -0.340. The Morgan fingerprint density at radius 2 is 2.15 bits per heavy atom. The van der Waals surface area contributed by atoms with E-state index in [1.165, 1.54) is 20.0 Å². The number of rotatable bonds is 4. The number of hydrogen-bond acceptors (Lipinski definition) is 5. The molecule has 0 unspecified atom stereocenters. The molecule has 5 heteroatoms. The van der Waals surface area contributed by atoms with Crippen LogP contribution in [0.3, 0.4) is 0 Å². The van der Waals surface area contributed by atoms with E-state index in [0.717, 1.165) is 25.3 Å². The molecule has 0 amide bonds. The molecular formula is C15H23N3O2. The predicted octanol–water partition coefficient (Wildman–Crippen LogP) is 1.81. The molecule has 0 spiro atoms. The summed E-state index contributed by atoms with van der Waals surface area (Å²) in [6.45, 7) is 3.18. The van der Waals surface area contributed by atoms with E-state index in [2.05, 4.69) is 17.3 Å². The number of nitrogens with zero attached hydrogens (tertiary/aromatic N) is 1. The third kappa shape index (κ3) is 3.63. The molecular weight excluding hydrogens is 254 g/mol. The van der Waals surface area contributed by atoms with E-state index in [1.54, 1.807) is 18.2 Å². The number of esters is 1. The molecule has 1 aromatic rings. The Balaban J connectivity index is 1.96. The van der Waals surface area contributed by atoms with Gasteiger partial charge in [0.05, 0.1) is 24.0 Å². The second-order valence-electron chi connectivity index (χ2n) is 5.42. The molecule has 3 N–H and O–H groups in total. The fourth-order valence-corrected chi connectivity index (χ4v) is 2.47. The Morgan fingerprint density at radius 3 is 2.80 bits per heavy atom. The van der Waals surface area contributed by atoms with Crippen LogP contribution in [0.15, 0.2) is 18.2 Å². The number of carbonyl (C=O) groups is 1. The summed E-state index contributed by atoms with van der Waals surface area (Å²) in [7, 11) is 3.53. The van der Waals surface area contributed by atoms with Gasteiger partial charge in [-0.2, -0.15) is 0 Å². The molecule has 1 heterocycles. The van der Waals surface area contributed by atoms with Gasteiger partial charge in [-0.3, -0.25) is 0 Å². The van der Waals surface area contributed by atoms with Gasteiger partial charge in [0.1, 0.15) is 0 Å². The number of nitrogens with two attached hydrogens (primary N) is 1. The molecule has 2 rings (SSSR count). The van der Waals surface area contributed by atoms with E-state index in [0.29, 0.717) is 17.2 Å². The maximum absolute atomic E-state index is 11.5. The van der Waals surface area contributed by atoms with Gasteiger partial charge >= 0.3 is 5.97 Å². The largest absolute Gasteiger partial charge is 0.465 e. The van der Waals surface area contributed by atoms with Crippen LogP contribution in [-0.2, 0) is 4.74 Å². The van der Waals surface area contributed by atoms with Gasteiger partial charge in [0.15, 0.2) is 0 Å². The topological polar surface area (TPSA) is 67.6 Å². The summed E-state index contributed by atoms with van der Waals surface area (Å²) in [4.78, 5) is 13.9. The lowest BCUT2D eigenvalue weighted by molar-refractivity contribution is 0.0601. The molecule has 1 saturated heterocycles. The highest BCUT2D eigenvalue weighted by molar-refractivity contribution is 5.91. The molecule has 1 aromatic carbocycles. The van der Waals surface area contributed by atoms with Gasteiger partial charge in [0, 0.05) is 6.54 Å². The summed E-state index contributed by atoms with van der Waals surface area (Å²) in [5, 5.41) is 3.37. The number of ether oxygens (including phenoxy) is 1. The molecule has 20 heavy (non-hydrogen) atoms. The molecule has 110 valence electrons. The Morgan fingerprint density at radius 1 is 1.45 bits per heavy atom. The maximum atomic E-state index is 11.5. The Bertz CT molecular complexity index is 468. The fraction of sp³-hybridized carbons (Fsp3) is 0.533. The van der Waals surface area contributed by atoms with Crippen LogP contribution in [0.5, 0.6) is 0 Å². The quantitative estimate of drug-likeness (QED) is 0.649. The van der Waals surface area contributed by atoms with Gasteiger partial charge in [-0.25, -0.2) is 4.79 Å². The SMILES string of the molecule is COC(=O)c1ccc(N)c(NCC2CCN(C)CC2)c1. The van der Waals surface area contributed by atoms with Gasteiger partial charge in [-0.15, -0.1) is 0 Å². The number of methoxy groups -OCH3 is 1. The second-order valence-corrected chi connectivity index (χ2v) is 5.42. The summed E-state index contributed by atoms with van der Waals surface area (Å²) in [5.74, 6) is 0.319. The van der Waals surface area contributed by atoms with Crippen LogP contribution in [-0.4, -0.2) is 44.7 Å². The Hall–Kier alpha value is -1.75. The number of piperidine rings is 1. The van der Waals surface area contributed by atoms with Crippen LogP contribution in [0.2, 0.25) is 0 Å². The summed E-state index contributed by atoms with van der Waals surface area (Å²) < 4.78 is 4.72. The number of hydrogen-bond donors (Lipinski definition) is 2. The molecule has 0 aliphatic carbocycles. The van der Waals surface area contributed by atoms with Gasteiger partial charge in [0.25, 0.3) is 0 Å². The lowest BCUT2D eigenvalue weighted by atomic mass is 9.97. The van der Waals surface area contributed by atoms with Gasteiger partial charge < -0.3 is 20.7 Å². The van der Waals surface area contributed by atoms with Crippen LogP contribution in [0, 0.1) is 5.92 Å². The zero-order valence-electron chi connectivity index (χ0n) is 12.2. The summed E-state index contributed by atoms with van der Waals surface area (Å²) in [5.41, 5.74) is 7.94. The van der Waals surface area contributed by atoms with Crippen molar-refractivity contribution in [1.29, 1.82) is 0 Å². The highest BCUT2D eigenvalue weighted by Crippen LogP contribution is 2.23. The van der Waals surface area contributed by atoms with Crippen LogP contribution in [0.25, 0.3) is 0 Å². The fourth-order valence-electron chi connectivity index (χ4n) is 2.47. The third-order valence-electron chi connectivity index (χ3n) is 3.89. The van der Waals surface area contributed by atoms with Crippen molar-refractivity contribution in [3.63, 3.8) is 0 Å². The summed E-state index contributed by atoms with van der Waals surface area (Å²) >= 11 is 0. The highest BCUT2D eigenvalue weighted by Gasteiger charge is 2.17. The van der Waals surface area contributed by atoms with Crippen molar-refractivity contribution in [1.82, 2.24) is 4.90 Å². The van der Waals surface area contributed by atoms with E-state index in [1.807, 2.05) is 0 Å². The molecule has 1 aliphatic rings. The average molecular weight is 277 g/mol.